The molecule has 2 aromatic rings. The van der Waals surface area contributed by atoms with E-state index in [2.05, 4.69) is 5.32 Å². The molecule has 1 unspecified atom stereocenters. The molecule has 4 rings (SSSR count). The number of amides is 2. The fraction of sp³-hybridized carbons (Fsp3) is 0.364. The third kappa shape index (κ3) is 4.68. The van der Waals surface area contributed by atoms with Crippen molar-refractivity contribution in [1.82, 2.24) is 4.90 Å². The average molecular weight is 478 g/mol. The number of ether oxygens (including phenoxy) is 1. The number of carbonyl (C=O) groups excluding carboxylic acids is 2. The number of benzene rings is 2. The van der Waals surface area contributed by atoms with Crippen molar-refractivity contribution in [2.45, 2.75) is 25.4 Å². The maximum atomic E-state index is 13.1. The van der Waals surface area contributed by atoms with E-state index in [1.54, 1.807) is 35.2 Å². The molecule has 2 amide bonds. The first-order valence-corrected chi connectivity index (χ1v) is 12.6. The van der Waals surface area contributed by atoms with Gasteiger partial charge in [-0.1, -0.05) is 23.7 Å². The second-order valence-corrected chi connectivity index (χ2v) is 10.2. The third-order valence-corrected chi connectivity index (χ3v) is 6.92. The van der Waals surface area contributed by atoms with Crippen molar-refractivity contribution in [2.24, 2.45) is 0 Å². The molecular formula is C22H24ClN3O5S. The van der Waals surface area contributed by atoms with E-state index < -0.39 is 22.0 Å². The quantitative estimate of drug-likeness (QED) is 0.729. The first-order valence-electron chi connectivity index (χ1n) is 10.4. The van der Waals surface area contributed by atoms with Gasteiger partial charge in [-0.25, -0.2) is 8.42 Å². The Morgan fingerprint density at radius 1 is 1.09 bits per heavy atom. The minimum atomic E-state index is -3.68. The van der Waals surface area contributed by atoms with Crippen molar-refractivity contribution < 1.29 is 22.7 Å². The van der Waals surface area contributed by atoms with E-state index in [9.17, 15) is 18.0 Å². The number of nitrogens with one attached hydrogen (secondary N) is 1. The Morgan fingerprint density at radius 3 is 2.53 bits per heavy atom. The lowest BCUT2D eigenvalue weighted by molar-refractivity contribution is -0.122. The van der Waals surface area contributed by atoms with Crippen molar-refractivity contribution in [2.75, 3.05) is 35.5 Å². The van der Waals surface area contributed by atoms with Gasteiger partial charge in [-0.2, -0.15) is 0 Å². The number of nitrogens with zero attached hydrogens (tertiary/aromatic N) is 2. The normalized spacial score (nSPS) is 18.5. The Balaban J connectivity index is 1.57. The van der Waals surface area contributed by atoms with Crippen molar-refractivity contribution in [3.8, 4) is 5.75 Å². The van der Waals surface area contributed by atoms with Gasteiger partial charge >= 0.3 is 0 Å². The van der Waals surface area contributed by atoms with Crippen LogP contribution in [-0.4, -0.2) is 57.1 Å². The minimum absolute atomic E-state index is 0.136. The van der Waals surface area contributed by atoms with E-state index in [0.717, 1.165) is 29.8 Å². The lowest BCUT2D eigenvalue weighted by Crippen LogP contribution is -2.48. The molecule has 0 saturated carbocycles. The Morgan fingerprint density at radius 2 is 1.81 bits per heavy atom. The molecule has 2 aromatic carbocycles. The Hall–Kier alpha value is -2.78. The van der Waals surface area contributed by atoms with E-state index in [4.69, 9.17) is 16.3 Å². The number of sulfonamides is 1. The number of hydrogen-bond acceptors (Lipinski definition) is 5. The number of anilines is 2. The molecule has 32 heavy (non-hydrogen) atoms. The second kappa shape index (κ2) is 8.99. The van der Waals surface area contributed by atoms with Gasteiger partial charge in [0.05, 0.1) is 29.7 Å². The molecule has 170 valence electrons. The molecule has 1 N–H and O–H groups in total. The molecular weight excluding hydrogens is 454 g/mol. The lowest BCUT2D eigenvalue weighted by atomic mass is 10.1. The Labute approximate surface area is 192 Å². The van der Waals surface area contributed by atoms with Gasteiger partial charge in [0.25, 0.3) is 11.8 Å². The smallest absolute Gasteiger partial charge is 0.267 e. The van der Waals surface area contributed by atoms with Crippen LogP contribution >= 0.6 is 11.6 Å². The van der Waals surface area contributed by atoms with Gasteiger partial charge in [0.2, 0.25) is 10.0 Å². The molecule has 8 nitrogen and oxygen atoms in total. The summed E-state index contributed by atoms with van der Waals surface area (Å²) in [5.41, 5.74) is 1.04. The van der Waals surface area contributed by atoms with E-state index in [1.807, 2.05) is 0 Å². The number of piperidine rings is 1. The van der Waals surface area contributed by atoms with Crippen molar-refractivity contribution >= 4 is 44.8 Å². The molecule has 1 saturated heterocycles. The van der Waals surface area contributed by atoms with Crippen LogP contribution in [0.15, 0.2) is 42.5 Å². The number of hydrogen-bond donors (Lipinski definition) is 1. The highest BCUT2D eigenvalue weighted by Gasteiger charge is 2.35. The van der Waals surface area contributed by atoms with E-state index in [0.29, 0.717) is 29.4 Å². The second-order valence-electron chi connectivity index (χ2n) is 7.90. The number of rotatable bonds is 4. The van der Waals surface area contributed by atoms with Crippen molar-refractivity contribution in [3.05, 3.63) is 53.1 Å². The monoisotopic (exact) mass is 477 g/mol. The largest absolute Gasteiger partial charge is 0.476 e. The SMILES string of the molecule is CS(=O)(=O)N1CC(C(=O)Nc2ccccc2C(=O)N2CCCCC2)Oc2ccc(Cl)cc21. The maximum Gasteiger partial charge on any atom is 0.267 e. The van der Waals surface area contributed by atoms with Crippen LogP contribution in [0.2, 0.25) is 5.02 Å². The highest BCUT2D eigenvalue weighted by Crippen LogP contribution is 2.37. The van der Waals surface area contributed by atoms with Crippen molar-refractivity contribution in [3.63, 3.8) is 0 Å². The summed E-state index contributed by atoms with van der Waals surface area (Å²) in [5.74, 6) is -0.440. The number of carbonyl (C=O) groups is 2. The topological polar surface area (TPSA) is 96.0 Å². The van der Waals surface area contributed by atoms with Crippen LogP contribution in [0.3, 0.4) is 0 Å². The minimum Gasteiger partial charge on any atom is -0.476 e. The Kier molecular flexibility index (Phi) is 6.30. The lowest BCUT2D eigenvalue weighted by Gasteiger charge is -2.34. The summed E-state index contributed by atoms with van der Waals surface area (Å²) in [4.78, 5) is 27.8. The van der Waals surface area contributed by atoms with Gasteiger partial charge in [0.1, 0.15) is 5.75 Å². The van der Waals surface area contributed by atoms with Gasteiger partial charge in [-0.05, 0) is 49.6 Å². The summed E-state index contributed by atoms with van der Waals surface area (Å²) >= 11 is 6.02. The molecule has 2 heterocycles. The standard InChI is InChI=1S/C22H24ClN3O5S/c1-32(29,30)26-14-20(31-19-10-9-15(23)13-18(19)26)21(27)24-17-8-4-3-7-16(17)22(28)25-11-5-2-6-12-25/h3-4,7-10,13,20H,2,5-6,11-12,14H2,1H3,(H,24,27). The van der Waals surface area contributed by atoms with Crippen LogP contribution in [-0.2, 0) is 14.8 Å². The zero-order chi connectivity index (χ0) is 22.9. The molecule has 1 atom stereocenters. The zero-order valence-electron chi connectivity index (χ0n) is 17.6. The maximum absolute atomic E-state index is 13.1. The molecule has 2 aliphatic heterocycles. The highest BCUT2D eigenvalue weighted by atomic mass is 35.5. The third-order valence-electron chi connectivity index (χ3n) is 5.54. The fourth-order valence-electron chi connectivity index (χ4n) is 3.93. The summed E-state index contributed by atoms with van der Waals surface area (Å²) in [6, 6.07) is 11.4. The first kappa shape index (κ1) is 22.4. The first-order chi connectivity index (χ1) is 15.2. The van der Waals surface area contributed by atoms with Crippen LogP contribution in [0, 0.1) is 0 Å². The van der Waals surface area contributed by atoms with Gasteiger partial charge in [0.15, 0.2) is 6.10 Å². The molecule has 0 radical (unpaired) electrons. The fourth-order valence-corrected chi connectivity index (χ4v) is 5.01. The van der Waals surface area contributed by atoms with Gasteiger partial charge in [-0.15, -0.1) is 0 Å². The van der Waals surface area contributed by atoms with Crippen LogP contribution < -0.4 is 14.4 Å². The van der Waals surface area contributed by atoms with Gasteiger partial charge < -0.3 is 15.0 Å². The molecule has 1 fully saturated rings. The van der Waals surface area contributed by atoms with Crippen LogP contribution in [0.1, 0.15) is 29.6 Å². The predicted octanol–water partition coefficient (Wildman–Crippen LogP) is 3.13. The van der Waals surface area contributed by atoms with E-state index >= 15 is 0 Å². The van der Waals surface area contributed by atoms with Crippen molar-refractivity contribution in [1.29, 1.82) is 0 Å². The Bertz CT molecular complexity index is 1150. The van der Waals surface area contributed by atoms with E-state index in [-0.39, 0.29) is 23.9 Å². The number of halogens is 1. The zero-order valence-corrected chi connectivity index (χ0v) is 19.2. The van der Waals surface area contributed by atoms with Crippen LogP contribution in [0.5, 0.6) is 5.75 Å². The number of likely N-dealkylation sites (tertiary alicyclic amines) is 1. The van der Waals surface area contributed by atoms with Crippen LogP contribution in [0.4, 0.5) is 11.4 Å². The molecule has 0 spiro atoms. The summed E-state index contributed by atoms with van der Waals surface area (Å²) in [6.07, 6.45) is 2.98. The summed E-state index contributed by atoms with van der Waals surface area (Å²) in [7, 11) is -3.68. The van der Waals surface area contributed by atoms with E-state index in [1.165, 1.54) is 12.1 Å². The number of fused-ring (bicyclic) bond motifs is 1. The molecule has 0 aromatic heterocycles. The summed E-state index contributed by atoms with van der Waals surface area (Å²) in [6.45, 7) is 1.17. The van der Waals surface area contributed by atoms with Gasteiger partial charge in [0, 0.05) is 18.1 Å². The molecule has 10 heteroatoms. The molecule has 0 bridgehead atoms. The highest BCUT2D eigenvalue weighted by molar-refractivity contribution is 7.92. The van der Waals surface area contributed by atoms with Gasteiger partial charge in [-0.3, -0.25) is 13.9 Å². The number of para-hydroxylation sites is 1. The molecule has 0 aliphatic carbocycles. The average Bonchev–Trinajstić information content (AvgIpc) is 2.78. The van der Waals surface area contributed by atoms with Crippen LogP contribution in [0.25, 0.3) is 0 Å². The predicted molar refractivity (Wildman–Crippen MR) is 123 cm³/mol. The molecule has 2 aliphatic rings. The summed E-state index contributed by atoms with van der Waals surface area (Å²) < 4.78 is 31.6. The summed E-state index contributed by atoms with van der Waals surface area (Å²) in [5, 5.41) is 3.11.